The molecule has 0 bridgehead atoms. The number of nitrogens with one attached hydrogen (secondary N) is 1. The topological polar surface area (TPSA) is 84.2 Å². The van der Waals surface area contributed by atoms with Crippen molar-refractivity contribution in [2.75, 3.05) is 20.3 Å². The van der Waals surface area contributed by atoms with E-state index in [0.29, 0.717) is 36.6 Å². The first kappa shape index (κ1) is 22.0. The van der Waals surface area contributed by atoms with Crippen LogP contribution in [0.5, 0.6) is 5.75 Å². The molecular formula is C25H25N3O3. The van der Waals surface area contributed by atoms with Gasteiger partial charge < -0.3 is 14.8 Å². The first-order chi connectivity index (χ1) is 15.0. The summed E-state index contributed by atoms with van der Waals surface area (Å²) in [6.07, 6.45) is 1.75. The molecule has 0 aliphatic heterocycles. The number of aryl methyl sites for hydroxylation is 2. The highest BCUT2D eigenvalue weighted by atomic mass is 16.5. The van der Waals surface area contributed by atoms with Gasteiger partial charge in [0.15, 0.2) is 0 Å². The lowest BCUT2D eigenvalue weighted by atomic mass is 9.96. The molecule has 158 valence electrons. The van der Waals surface area contributed by atoms with E-state index in [2.05, 4.69) is 16.4 Å². The number of carbonyl (C=O) groups is 1. The largest absolute Gasteiger partial charge is 0.491 e. The number of benzene rings is 2. The average molecular weight is 415 g/mol. The first-order valence-corrected chi connectivity index (χ1v) is 9.98. The van der Waals surface area contributed by atoms with E-state index in [0.717, 1.165) is 27.9 Å². The van der Waals surface area contributed by atoms with Gasteiger partial charge in [0, 0.05) is 31.1 Å². The summed E-state index contributed by atoms with van der Waals surface area (Å²) in [5, 5.41) is 12.5. The summed E-state index contributed by atoms with van der Waals surface area (Å²) in [5.74, 6) is 0.311. The normalized spacial score (nSPS) is 10.4. The second kappa shape index (κ2) is 10.4. The first-order valence-electron chi connectivity index (χ1n) is 9.98. The minimum absolute atomic E-state index is 0.232. The summed E-state index contributed by atoms with van der Waals surface area (Å²) in [4.78, 5) is 17.1. The number of rotatable bonds is 8. The molecule has 1 aromatic heterocycles. The summed E-state index contributed by atoms with van der Waals surface area (Å²) in [7, 11) is 1.60. The summed E-state index contributed by atoms with van der Waals surface area (Å²) in [6, 6.07) is 17.1. The molecule has 31 heavy (non-hydrogen) atoms. The van der Waals surface area contributed by atoms with Crippen molar-refractivity contribution >= 4 is 5.91 Å². The number of pyridine rings is 1. The zero-order valence-electron chi connectivity index (χ0n) is 17.9. The zero-order valence-corrected chi connectivity index (χ0v) is 17.9. The van der Waals surface area contributed by atoms with Crippen LogP contribution in [0.4, 0.5) is 0 Å². The molecule has 3 rings (SSSR count). The Morgan fingerprint density at radius 2 is 1.94 bits per heavy atom. The Morgan fingerprint density at radius 3 is 2.65 bits per heavy atom. The Balaban J connectivity index is 1.90. The molecule has 6 heteroatoms. The number of methoxy groups -OCH3 is 1. The highest BCUT2D eigenvalue weighted by molar-refractivity contribution is 5.96. The third-order valence-corrected chi connectivity index (χ3v) is 4.76. The van der Waals surface area contributed by atoms with Crippen LogP contribution >= 0.6 is 0 Å². The van der Waals surface area contributed by atoms with E-state index in [-0.39, 0.29) is 5.91 Å². The fraction of sp³-hybridized carbons (Fsp3) is 0.240. The number of nitrogens with zero attached hydrogens (tertiary/aromatic N) is 2. The molecule has 0 radical (unpaired) electrons. The maximum absolute atomic E-state index is 12.9. The van der Waals surface area contributed by atoms with Crippen LogP contribution < -0.4 is 10.1 Å². The van der Waals surface area contributed by atoms with Gasteiger partial charge in [-0.25, -0.2) is 0 Å². The van der Waals surface area contributed by atoms with E-state index < -0.39 is 0 Å². The number of carbonyl (C=O) groups excluding carboxylic acids is 1. The average Bonchev–Trinajstić information content (AvgIpc) is 2.78. The highest BCUT2D eigenvalue weighted by Crippen LogP contribution is 2.29. The fourth-order valence-corrected chi connectivity index (χ4v) is 3.10. The smallest absolute Gasteiger partial charge is 0.251 e. The van der Waals surface area contributed by atoms with E-state index in [1.54, 1.807) is 25.4 Å². The summed E-state index contributed by atoms with van der Waals surface area (Å²) < 4.78 is 10.8. The molecule has 0 saturated heterocycles. The molecule has 0 spiro atoms. The number of aromatic nitrogens is 1. The van der Waals surface area contributed by atoms with Gasteiger partial charge in [-0.15, -0.1) is 0 Å². The maximum Gasteiger partial charge on any atom is 0.251 e. The van der Waals surface area contributed by atoms with Gasteiger partial charge in [-0.3, -0.25) is 9.78 Å². The van der Waals surface area contributed by atoms with E-state index in [9.17, 15) is 10.1 Å². The molecule has 0 saturated carbocycles. The monoisotopic (exact) mass is 415 g/mol. The quantitative estimate of drug-likeness (QED) is 0.558. The van der Waals surface area contributed by atoms with E-state index in [1.807, 2.05) is 50.2 Å². The molecule has 6 nitrogen and oxygen atoms in total. The molecule has 0 unspecified atom stereocenters. The zero-order chi connectivity index (χ0) is 22.2. The standard InChI is InChI=1S/C25H25N3O3/c1-17-4-7-24(22(10-17)14-26)20-11-21(13-23(12-20)31-9-8-30-3)25(29)28-16-19-6-5-18(2)27-15-19/h4-7,10-13,15H,8-9,16H2,1-3H3,(H,28,29). The van der Waals surface area contributed by atoms with Crippen LogP contribution in [0.25, 0.3) is 11.1 Å². The number of ether oxygens (including phenoxy) is 2. The van der Waals surface area contributed by atoms with Crippen molar-refractivity contribution in [2.24, 2.45) is 0 Å². The van der Waals surface area contributed by atoms with E-state index >= 15 is 0 Å². The van der Waals surface area contributed by atoms with Crippen molar-refractivity contribution in [3.05, 3.63) is 82.7 Å². The van der Waals surface area contributed by atoms with Crippen molar-refractivity contribution in [1.29, 1.82) is 5.26 Å². The lowest BCUT2D eigenvalue weighted by molar-refractivity contribution is 0.0950. The number of hydrogen-bond donors (Lipinski definition) is 1. The van der Waals surface area contributed by atoms with Crippen molar-refractivity contribution in [3.8, 4) is 22.9 Å². The van der Waals surface area contributed by atoms with Gasteiger partial charge in [-0.2, -0.15) is 5.26 Å². The maximum atomic E-state index is 12.9. The number of nitriles is 1. The Bertz CT molecular complexity index is 1100. The lowest BCUT2D eigenvalue weighted by Gasteiger charge is -2.13. The molecule has 0 atom stereocenters. The van der Waals surface area contributed by atoms with Crippen LogP contribution in [-0.2, 0) is 11.3 Å². The molecule has 0 aliphatic rings. The Morgan fingerprint density at radius 1 is 1.10 bits per heavy atom. The van der Waals surface area contributed by atoms with Crippen molar-refractivity contribution in [3.63, 3.8) is 0 Å². The van der Waals surface area contributed by atoms with E-state index in [4.69, 9.17) is 9.47 Å². The van der Waals surface area contributed by atoms with Crippen LogP contribution in [-0.4, -0.2) is 31.2 Å². The minimum Gasteiger partial charge on any atom is -0.491 e. The van der Waals surface area contributed by atoms with Gasteiger partial charge in [-0.05, 0) is 66.4 Å². The van der Waals surface area contributed by atoms with Gasteiger partial charge in [-0.1, -0.05) is 18.2 Å². The Labute approximate surface area is 182 Å². The minimum atomic E-state index is -0.232. The molecule has 1 heterocycles. The van der Waals surface area contributed by atoms with Crippen LogP contribution in [0.2, 0.25) is 0 Å². The van der Waals surface area contributed by atoms with Crippen LogP contribution in [0.15, 0.2) is 54.7 Å². The Kier molecular flexibility index (Phi) is 7.36. The second-order valence-corrected chi connectivity index (χ2v) is 7.24. The van der Waals surface area contributed by atoms with Crippen molar-refractivity contribution in [1.82, 2.24) is 10.3 Å². The Hall–Kier alpha value is -3.69. The molecule has 3 aromatic rings. The molecule has 0 aliphatic carbocycles. The van der Waals surface area contributed by atoms with Gasteiger partial charge in [0.2, 0.25) is 0 Å². The van der Waals surface area contributed by atoms with Gasteiger partial charge in [0.1, 0.15) is 12.4 Å². The van der Waals surface area contributed by atoms with Crippen molar-refractivity contribution in [2.45, 2.75) is 20.4 Å². The van der Waals surface area contributed by atoms with E-state index in [1.165, 1.54) is 0 Å². The summed E-state index contributed by atoms with van der Waals surface area (Å²) in [5.41, 5.74) is 5.33. The van der Waals surface area contributed by atoms with Gasteiger partial charge in [0.25, 0.3) is 5.91 Å². The molecular weight excluding hydrogens is 390 g/mol. The van der Waals surface area contributed by atoms with Gasteiger partial charge in [0.05, 0.1) is 18.2 Å². The van der Waals surface area contributed by atoms with Crippen LogP contribution in [0, 0.1) is 25.2 Å². The molecule has 1 amide bonds. The second-order valence-electron chi connectivity index (χ2n) is 7.24. The number of amides is 1. The molecule has 0 fully saturated rings. The number of hydrogen-bond acceptors (Lipinski definition) is 5. The molecule has 2 aromatic carbocycles. The third kappa shape index (κ3) is 5.91. The van der Waals surface area contributed by atoms with Crippen LogP contribution in [0.1, 0.15) is 32.7 Å². The third-order valence-electron chi connectivity index (χ3n) is 4.76. The predicted molar refractivity (Wildman–Crippen MR) is 119 cm³/mol. The predicted octanol–water partition coefficient (Wildman–Crippen LogP) is 4.19. The van der Waals surface area contributed by atoms with Crippen molar-refractivity contribution < 1.29 is 14.3 Å². The summed E-state index contributed by atoms with van der Waals surface area (Å²) in [6.45, 7) is 5.01. The summed E-state index contributed by atoms with van der Waals surface area (Å²) >= 11 is 0. The highest BCUT2D eigenvalue weighted by Gasteiger charge is 2.13. The fourth-order valence-electron chi connectivity index (χ4n) is 3.10. The van der Waals surface area contributed by atoms with Gasteiger partial charge >= 0.3 is 0 Å². The van der Waals surface area contributed by atoms with Crippen LogP contribution in [0.3, 0.4) is 0 Å². The molecule has 1 N–H and O–H groups in total. The SMILES string of the molecule is COCCOc1cc(C(=O)NCc2ccc(C)nc2)cc(-c2ccc(C)cc2C#N)c1. The lowest BCUT2D eigenvalue weighted by Crippen LogP contribution is -2.23.